The fourth-order valence-electron chi connectivity index (χ4n) is 3.80. The van der Waals surface area contributed by atoms with Crippen LogP contribution in [0.2, 0.25) is 18.1 Å². The normalized spacial score (nSPS) is 26.8. The molecule has 3 unspecified atom stereocenters. The molecule has 4 heteroatoms. The molecule has 162 valence electrons. The molecule has 0 saturated heterocycles. The first-order chi connectivity index (χ1) is 12.9. The number of likely N-dealkylation sites (N-methyl/N-ethyl adjacent to an activating group) is 1. The zero-order valence-electron chi connectivity index (χ0n) is 20.0. The first kappa shape index (κ1) is 25.2. The third kappa shape index (κ3) is 7.18. The van der Waals surface area contributed by atoms with E-state index >= 15 is 0 Å². The van der Waals surface area contributed by atoms with Crippen LogP contribution in [0.5, 0.6) is 0 Å². The molecule has 0 radical (unpaired) electrons. The third-order valence-electron chi connectivity index (χ3n) is 6.56. The smallest absolute Gasteiger partial charge is 0.222 e. The van der Waals surface area contributed by atoms with Gasteiger partial charge in [-0.25, -0.2) is 0 Å². The van der Waals surface area contributed by atoms with Gasteiger partial charge in [0.05, 0.1) is 12.1 Å². The van der Waals surface area contributed by atoms with E-state index in [2.05, 4.69) is 72.9 Å². The van der Waals surface area contributed by atoms with Gasteiger partial charge in [0.2, 0.25) is 5.91 Å². The average molecular weight is 408 g/mol. The minimum atomic E-state index is -1.81. The maximum atomic E-state index is 12.7. The Morgan fingerprint density at radius 1 is 1.25 bits per heavy atom. The van der Waals surface area contributed by atoms with Crippen molar-refractivity contribution in [2.45, 2.75) is 110 Å². The van der Waals surface area contributed by atoms with E-state index in [4.69, 9.17) is 4.43 Å². The van der Waals surface area contributed by atoms with Crippen molar-refractivity contribution in [3.8, 4) is 0 Å². The number of carbonyl (C=O) groups excluding carboxylic acids is 1. The molecule has 0 N–H and O–H groups in total. The fraction of sp³-hybridized carbons (Fsp3) is 0.792. The highest BCUT2D eigenvalue weighted by Crippen LogP contribution is 2.38. The van der Waals surface area contributed by atoms with Gasteiger partial charge >= 0.3 is 0 Å². The zero-order chi connectivity index (χ0) is 21.5. The van der Waals surface area contributed by atoms with E-state index in [1.54, 1.807) is 0 Å². The molecule has 0 fully saturated rings. The van der Waals surface area contributed by atoms with Crippen molar-refractivity contribution in [3.63, 3.8) is 0 Å². The lowest BCUT2D eigenvalue weighted by molar-refractivity contribution is -0.132. The Morgan fingerprint density at radius 3 is 2.46 bits per heavy atom. The van der Waals surface area contributed by atoms with Crippen LogP contribution in [-0.4, -0.2) is 38.3 Å². The van der Waals surface area contributed by atoms with E-state index in [9.17, 15) is 4.79 Å². The second-order valence-electron chi connectivity index (χ2n) is 10.1. The Kier molecular flexibility index (Phi) is 9.68. The molecule has 0 spiro atoms. The monoisotopic (exact) mass is 407 g/mol. The van der Waals surface area contributed by atoms with Crippen LogP contribution < -0.4 is 0 Å². The van der Waals surface area contributed by atoms with Gasteiger partial charge in [-0.3, -0.25) is 4.79 Å². The first-order valence-electron chi connectivity index (χ1n) is 11.2. The molecule has 1 amide bonds. The van der Waals surface area contributed by atoms with Crippen molar-refractivity contribution in [2.24, 2.45) is 5.92 Å². The number of amides is 1. The molecule has 1 heterocycles. The van der Waals surface area contributed by atoms with Gasteiger partial charge in [-0.2, -0.15) is 0 Å². The first-order valence-corrected chi connectivity index (χ1v) is 14.1. The predicted octanol–water partition coefficient (Wildman–Crippen LogP) is 6.72. The molecule has 3 nitrogen and oxygen atoms in total. The van der Waals surface area contributed by atoms with E-state index in [1.165, 1.54) is 5.57 Å². The van der Waals surface area contributed by atoms with Gasteiger partial charge in [0.25, 0.3) is 0 Å². The van der Waals surface area contributed by atoms with Crippen molar-refractivity contribution in [3.05, 3.63) is 23.8 Å². The van der Waals surface area contributed by atoms with Gasteiger partial charge in [-0.05, 0) is 50.2 Å². The van der Waals surface area contributed by atoms with Crippen LogP contribution in [0, 0.1) is 5.92 Å². The largest absolute Gasteiger partial charge is 0.411 e. The molecule has 0 aromatic carbocycles. The van der Waals surface area contributed by atoms with Crippen molar-refractivity contribution in [2.75, 3.05) is 7.05 Å². The highest BCUT2D eigenvalue weighted by atomic mass is 28.4. The summed E-state index contributed by atoms with van der Waals surface area (Å²) in [4.78, 5) is 14.7. The molecule has 1 rings (SSSR count). The van der Waals surface area contributed by atoms with Gasteiger partial charge in [0, 0.05) is 13.5 Å². The molecule has 28 heavy (non-hydrogen) atoms. The molecule has 0 saturated carbocycles. The van der Waals surface area contributed by atoms with Crippen molar-refractivity contribution >= 4 is 14.2 Å². The Balaban J connectivity index is 3.14. The van der Waals surface area contributed by atoms with Crippen LogP contribution in [-0.2, 0) is 9.22 Å². The van der Waals surface area contributed by atoms with Gasteiger partial charge in [-0.1, -0.05) is 71.3 Å². The maximum absolute atomic E-state index is 12.7. The molecular weight excluding hydrogens is 362 g/mol. The molecule has 3 atom stereocenters. The molecular formula is C24H45NO2Si. The lowest BCUT2D eigenvalue weighted by atomic mass is 9.91. The number of hydrogen-bond acceptors (Lipinski definition) is 2. The molecule has 1 aliphatic heterocycles. The van der Waals surface area contributed by atoms with Gasteiger partial charge < -0.3 is 9.33 Å². The summed E-state index contributed by atoms with van der Waals surface area (Å²) in [6.07, 6.45) is 12.9. The minimum Gasteiger partial charge on any atom is -0.411 e. The number of allylic oxidation sites excluding steroid dienone is 1. The molecule has 1 aliphatic rings. The topological polar surface area (TPSA) is 29.5 Å². The zero-order valence-corrected chi connectivity index (χ0v) is 21.0. The molecule has 0 aliphatic carbocycles. The Bertz CT molecular complexity index is 559. The SMILES string of the molecule is CCC=C(C)C1C(C)C=CC(O[Si](C)(C)C(C)(C)C)CCCCCC(=O)N1C. The Morgan fingerprint density at radius 2 is 1.89 bits per heavy atom. The van der Waals surface area contributed by atoms with Crippen molar-refractivity contribution < 1.29 is 9.22 Å². The van der Waals surface area contributed by atoms with Crippen LogP contribution in [0.4, 0.5) is 0 Å². The summed E-state index contributed by atoms with van der Waals surface area (Å²) < 4.78 is 6.74. The second-order valence-corrected chi connectivity index (χ2v) is 14.8. The Labute approximate surface area is 175 Å². The lowest BCUT2D eigenvalue weighted by Crippen LogP contribution is -2.44. The van der Waals surface area contributed by atoms with E-state index in [0.717, 1.165) is 32.1 Å². The summed E-state index contributed by atoms with van der Waals surface area (Å²) in [5, 5.41) is 0.214. The van der Waals surface area contributed by atoms with Crippen LogP contribution in [0.15, 0.2) is 23.8 Å². The summed E-state index contributed by atoms with van der Waals surface area (Å²) in [5.74, 6) is 0.533. The van der Waals surface area contributed by atoms with E-state index in [-0.39, 0.29) is 29.0 Å². The molecule has 0 aromatic heterocycles. The number of rotatable bonds is 4. The van der Waals surface area contributed by atoms with Crippen LogP contribution in [0.25, 0.3) is 0 Å². The third-order valence-corrected chi connectivity index (χ3v) is 11.1. The van der Waals surface area contributed by atoms with Crippen LogP contribution >= 0.6 is 0 Å². The average Bonchev–Trinajstić information content (AvgIpc) is 2.57. The summed E-state index contributed by atoms with van der Waals surface area (Å²) in [6, 6.07) is 0.122. The molecule has 0 aromatic rings. The van der Waals surface area contributed by atoms with Crippen LogP contribution in [0.3, 0.4) is 0 Å². The fourth-order valence-corrected chi connectivity index (χ4v) is 5.11. The van der Waals surface area contributed by atoms with Crippen LogP contribution in [0.1, 0.15) is 80.1 Å². The Hall–Kier alpha value is -0.873. The van der Waals surface area contributed by atoms with Gasteiger partial charge in [0.15, 0.2) is 8.32 Å². The van der Waals surface area contributed by atoms with Gasteiger partial charge in [-0.15, -0.1) is 0 Å². The highest BCUT2D eigenvalue weighted by molar-refractivity contribution is 6.74. The summed E-state index contributed by atoms with van der Waals surface area (Å²) in [6.45, 7) is 18.1. The lowest BCUT2D eigenvalue weighted by Gasteiger charge is -2.39. The number of carbonyl (C=O) groups is 1. The van der Waals surface area contributed by atoms with Crippen molar-refractivity contribution in [1.82, 2.24) is 4.90 Å². The maximum Gasteiger partial charge on any atom is 0.222 e. The predicted molar refractivity (Wildman–Crippen MR) is 124 cm³/mol. The summed E-state index contributed by atoms with van der Waals surface area (Å²) >= 11 is 0. The summed E-state index contributed by atoms with van der Waals surface area (Å²) in [5.41, 5.74) is 1.29. The number of hydrogen-bond donors (Lipinski definition) is 0. The van der Waals surface area contributed by atoms with E-state index < -0.39 is 8.32 Å². The van der Waals surface area contributed by atoms with Gasteiger partial charge in [0.1, 0.15) is 0 Å². The second kappa shape index (κ2) is 10.8. The minimum absolute atomic E-state index is 0.122. The van der Waals surface area contributed by atoms with E-state index in [1.807, 2.05) is 11.9 Å². The summed E-state index contributed by atoms with van der Waals surface area (Å²) in [7, 11) is 0.164. The molecule has 0 bridgehead atoms. The van der Waals surface area contributed by atoms with E-state index in [0.29, 0.717) is 6.42 Å². The highest BCUT2D eigenvalue weighted by Gasteiger charge is 2.38. The standard InChI is InChI=1S/C24H45NO2Si/c1-10-14-19(2)23-20(3)17-18-21(27-28(8,9)24(4,5)6)15-12-11-13-16-22(26)25(23)7/h14,17-18,20-21,23H,10-13,15-16H2,1-9H3. The quantitative estimate of drug-likeness (QED) is 0.382. The number of nitrogens with zero attached hydrogens (tertiary/aromatic N) is 1. The van der Waals surface area contributed by atoms with Crippen molar-refractivity contribution in [1.29, 1.82) is 0 Å².